The highest BCUT2D eigenvalue weighted by Crippen LogP contribution is 2.23. The highest BCUT2D eigenvalue weighted by atomic mass is 35.5. The second-order valence-corrected chi connectivity index (χ2v) is 12.9. The predicted octanol–water partition coefficient (Wildman–Crippen LogP) is 5.97. The number of carbonyl (C=O) groups excluding carboxylic acids is 2. The van der Waals surface area contributed by atoms with Gasteiger partial charge in [-0.2, -0.15) is 0 Å². The average molecular weight is 741 g/mol. The van der Waals surface area contributed by atoms with Gasteiger partial charge < -0.3 is 41.0 Å². The van der Waals surface area contributed by atoms with Crippen LogP contribution in [-0.2, 0) is 41.4 Å². The molecule has 0 saturated heterocycles. The van der Waals surface area contributed by atoms with E-state index in [2.05, 4.69) is 20.6 Å². The van der Waals surface area contributed by atoms with Gasteiger partial charge in [0, 0.05) is 30.6 Å². The minimum absolute atomic E-state index is 0.117. The maximum absolute atomic E-state index is 12.5. The third-order valence-electron chi connectivity index (χ3n) is 8.66. The van der Waals surface area contributed by atoms with Crippen molar-refractivity contribution in [2.45, 2.75) is 50.0 Å². The average Bonchev–Trinajstić information content (AvgIpc) is 3.80. The molecule has 6 rings (SSSR count). The maximum Gasteiger partial charge on any atom is 0.282 e. The number of aliphatic imine (C=N–C) groups is 2. The van der Waals surface area contributed by atoms with E-state index in [9.17, 15) is 9.59 Å². The van der Waals surface area contributed by atoms with E-state index in [0.717, 1.165) is 48.1 Å². The number of nitrogens with one attached hydrogen (secondary N) is 2. The molecule has 6 N–H and O–H groups in total. The lowest BCUT2D eigenvalue weighted by Crippen LogP contribution is -2.22. The number of nitrogens with zero attached hydrogens (tertiary/aromatic N) is 2. The van der Waals surface area contributed by atoms with Gasteiger partial charge in [-0.3, -0.25) is 9.59 Å². The largest absolute Gasteiger partial charge is 0.463 e. The molecule has 0 radical (unpaired) electrons. The van der Waals surface area contributed by atoms with Crippen LogP contribution in [0.5, 0.6) is 0 Å². The van der Waals surface area contributed by atoms with E-state index in [0.29, 0.717) is 23.9 Å². The van der Waals surface area contributed by atoms with Crippen LogP contribution >= 0.6 is 11.6 Å². The number of methoxy groups -OCH3 is 2. The van der Waals surface area contributed by atoms with Crippen molar-refractivity contribution in [3.63, 3.8) is 0 Å². The van der Waals surface area contributed by atoms with E-state index in [1.165, 1.54) is 19.8 Å². The van der Waals surface area contributed by atoms with Crippen LogP contribution in [0.4, 0.5) is 11.4 Å². The zero-order valence-electron chi connectivity index (χ0n) is 29.7. The number of carbonyl (C=O) groups is 2. The minimum Gasteiger partial charge on any atom is -0.463 e. The van der Waals surface area contributed by atoms with E-state index in [1.54, 1.807) is 24.3 Å². The number of amides is 2. The predicted molar refractivity (Wildman–Crippen MR) is 207 cm³/mol. The van der Waals surface area contributed by atoms with Gasteiger partial charge >= 0.3 is 0 Å². The molecule has 0 bridgehead atoms. The highest BCUT2D eigenvalue weighted by molar-refractivity contribution is 6.30. The lowest BCUT2D eigenvalue weighted by Gasteiger charge is -2.16. The molecule has 4 aromatic carbocycles. The third-order valence-corrected chi connectivity index (χ3v) is 8.92. The summed E-state index contributed by atoms with van der Waals surface area (Å²) in [5.74, 6) is -0.431. The van der Waals surface area contributed by atoms with Crippen LogP contribution in [0.1, 0.15) is 47.3 Å². The molecule has 2 aliphatic heterocycles. The van der Waals surface area contributed by atoms with E-state index < -0.39 is 12.2 Å². The molecule has 0 fully saturated rings. The van der Waals surface area contributed by atoms with Gasteiger partial charge in [-0.1, -0.05) is 78.3 Å². The standard InChI is InChI=1S/C20H22ClN3O3.C20H23N3O3/c1-26-18(14-5-7-15(21)8-6-14)19(25)23-16-9-2-13(3-10-16)4-11-17-12-27-20(22)24-17;1-25-18(15-5-3-2-4-6-15)19(24)22-16-10-7-14(8-11-16)9-12-17-13-26-20(21)23-17/h2-3,5-10,17-18H,4,11-12H2,1H3,(H2,22,24)(H,23,25);2-8,10-11,17-18H,9,12-13H2,1H3,(H2,21,23)(H,22,24)/t17-,18?;17-,18-/m00/s1. The van der Waals surface area contributed by atoms with Crippen molar-refractivity contribution in [2.24, 2.45) is 21.5 Å². The van der Waals surface area contributed by atoms with Gasteiger partial charge in [-0.25, -0.2) is 9.98 Å². The van der Waals surface area contributed by atoms with Gasteiger partial charge in [0.05, 0.1) is 12.1 Å². The van der Waals surface area contributed by atoms with Crippen LogP contribution in [0.25, 0.3) is 0 Å². The van der Waals surface area contributed by atoms with Crippen molar-refractivity contribution in [3.05, 3.63) is 130 Å². The Kier molecular flexibility index (Phi) is 14.2. The smallest absolute Gasteiger partial charge is 0.282 e. The Balaban J connectivity index is 0.000000204. The van der Waals surface area contributed by atoms with Crippen molar-refractivity contribution < 1.29 is 28.5 Å². The minimum atomic E-state index is -0.701. The molecule has 2 amide bonds. The number of benzene rings is 4. The van der Waals surface area contributed by atoms with E-state index in [-0.39, 0.29) is 35.9 Å². The summed E-state index contributed by atoms with van der Waals surface area (Å²) in [6.45, 7) is 1.10. The lowest BCUT2D eigenvalue weighted by molar-refractivity contribution is -0.126. The monoisotopic (exact) mass is 740 g/mol. The Labute approximate surface area is 314 Å². The molecule has 13 heteroatoms. The fraction of sp³-hybridized carbons (Fsp3) is 0.300. The Morgan fingerprint density at radius 3 is 1.47 bits per heavy atom. The molecular formula is C40H45ClN6O6. The number of halogens is 1. The Hall–Kier alpha value is -5.43. The highest BCUT2D eigenvalue weighted by Gasteiger charge is 2.22. The van der Waals surface area contributed by atoms with Crippen LogP contribution < -0.4 is 22.1 Å². The van der Waals surface area contributed by atoms with Crippen molar-refractivity contribution >= 4 is 46.8 Å². The summed E-state index contributed by atoms with van der Waals surface area (Å²) in [5, 5.41) is 6.39. The summed E-state index contributed by atoms with van der Waals surface area (Å²) in [7, 11) is 3.03. The van der Waals surface area contributed by atoms with Crippen molar-refractivity contribution in [1.82, 2.24) is 0 Å². The lowest BCUT2D eigenvalue weighted by atomic mass is 10.1. The van der Waals surface area contributed by atoms with Crippen molar-refractivity contribution in [2.75, 3.05) is 38.1 Å². The first kappa shape index (κ1) is 38.8. The molecule has 53 heavy (non-hydrogen) atoms. The molecule has 0 spiro atoms. The first-order valence-corrected chi connectivity index (χ1v) is 17.7. The number of nitrogens with two attached hydrogens (primary N) is 2. The van der Waals surface area contributed by atoms with E-state index >= 15 is 0 Å². The Morgan fingerprint density at radius 2 is 1.09 bits per heavy atom. The molecule has 0 saturated carbocycles. The normalized spacial score (nSPS) is 17.2. The Bertz CT molecular complexity index is 1840. The van der Waals surface area contributed by atoms with E-state index in [4.69, 9.17) is 42.0 Å². The fourth-order valence-corrected chi connectivity index (χ4v) is 5.94. The number of hydrogen-bond acceptors (Lipinski definition) is 10. The fourth-order valence-electron chi connectivity index (χ4n) is 5.81. The van der Waals surface area contributed by atoms with Crippen LogP contribution in [0.3, 0.4) is 0 Å². The molecule has 4 atom stereocenters. The zero-order chi connectivity index (χ0) is 37.6. The zero-order valence-corrected chi connectivity index (χ0v) is 30.5. The first-order valence-electron chi connectivity index (χ1n) is 17.3. The van der Waals surface area contributed by atoms with Crippen LogP contribution in [0.2, 0.25) is 5.02 Å². The summed E-state index contributed by atoms with van der Waals surface area (Å²) in [5.41, 5.74) is 16.4. The van der Waals surface area contributed by atoms with Crippen molar-refractivity contribution in [3.8, 4) is 0 Å². The summed E-state index contributed by atoms with van der Waals surface area (Å²) in [6.07, 6.45) is 2.16. The quantitative estimate of drug-likeness (QED) is 0.122. The summed E-state index contributed by atoms with van der Waals surface area (Å²) in [4.78, 5) is 33.5. The van der Waals surface area contributed by atoms with E-state index in [1.807, 2.05) is 78.9 Å². The second-order valence-electron chi connectivity index (χ2n) is 12.5. The number of hydrogen-bond donors (Lipinski definition) is 4. The van der Waals surface area contributed by atoms with Gasteiger partial charge in [0.25, 0.3) is 23.9 Å². The number of ether oxygens (including phenoxy) is 4. The summed E-state index contributed by atoms with van der Waals surface area (Å²) < 4.78 is 21.0. The summed E-state index contributed by atoms with van der Waals surface area (Å²) >= 11 is 5.90. The molecule has 4 aromatic rings. The van der Waals surface area contributed by atoms with Gasteiger partial charge in [-0.05, 0) is 84.3 Å². The number of amidine groups is 2. The molecular weight excluding hydrogens is 696 g/mol. The molecule has 278 valence electrons. The SMILES string of the molecule is COC(C(=O)Nc1ccc(CC[C@H]2COC(N)=N2)cc1)c1ccc(Cl)cc1.CO[C@H](C(=O)Nc1ccc(CC[C@H]2COC(N)=N2)cc1)c1ccccc1. The summed E-state index contributed by atoms with van der Waals surface area (Å²) in [6, 6.07) is 32.8. The number of anilines is 2. The number of rotatable bonds is 14. The van der Waals surface area contributed by atoms with Crippen LogP contribution in [0, 0.1) is 0 Å². The van der Waals surface area contributed by atoms with Gasteiger partial charge in [0.15, 0.2) is 12.2 Å². The molecule has 0 aromatic heterocycles. The second kappa shape index (κ2) is 19.4. The van der Waals surface area contributed by atoms with Crippen molar-refractivity contribution in [1.29, 1.82) is 0 Å². The van der Waals surface area contributed by atoms with Gasteiger partial charge in [-0.15, -0.1) is 0 Å². The molecule has 0 aliphatic carbocycles. The third kappa shape index (κ3) is 11.8. The topological polar surface area (TPSA) is 172 Å². The molecule has 12 nitrogen and oxygen atoms in total. The van der Waals surface area contributed by atoms with Gasteiger partial charge in [0.1, 0.15) is 13.2 Å². The first-order chi connectivity index (χ1) is 25.7. The molecule has 2 heterocycles. The molecule has 1 unspecified atom stereocenters. The van der Waals surface area contributed by atoms with Crippen LogP contribution in [-0.4, -0.2) is 63.4 Å². The van der Waals surface area contributed by atoms with Gasteiger partial charge in [0.2, 0.25) is 0 Å². The van der Waals surface area contributed by atoms with Crippen LogP contribution in [0.15, 0.2) is 113 Å². The maximum atomic E-state index is 12.5. The Morgan fingerprint density at radius 1 is 0.679 bits per heavy atom. The molecule has 2 aliphatic rings. The number of aryl methyl sites for hydroxylation is 2.